The van der Waals surface area contributed by atoms with E-state index in [9.17, 15) is 0 Å². The molecule has 0 aliphatic heterocycles. The summed E-state index contributed by atoms with van der Waals surface area (Å²) in [4.78, 5) is 4.11. The Morgan fingerprint density at radius 1 is 1.50 bits per heavy atom. The van der Waals surface area contributed by atoms with Crippen LogP contribution in [0.4, 0.5) is 0 Å². The van der Waals surface area contributed by atoms with Crippen LogP contribution in [-0.2, 0) is 6.42 Å². The molecule has 12 heavy (non-hydrogen) atoms. The van der Waals surface area contributed by atoms with Crippen molar-refractivity contribution in [3.05, 3.63) is 28.5 Å². The summed E-state index contributed by atoms with van der Waals surface area (Å²) in [5.41, 5.74) is 1.93. The van der Waals surface area contributed by atoms with Crippen LogP contribution in [0.15, 0.2) is 12.1 Å². The Labute approximate surface area is 77.2 Å². The molecule has 0 saturated heterocycles. The summed E-state index contributed by atoms with van der Waals surface area (Å²) in [6.45, 7) is 2.10. The maximum atomic E-state index is 8.61. The Balaban J connectivity index is 2.72. The lowest BCUT2D eigenvalue weighted by molar-refractivity contribution is 0.288. The first-order valence-corrected chi connectivity index (χ1v) is 4.34. The molecular weight excluding hydrogens is 174 g/mol. The first kappa shape index (κ1) is 9.49. The van der Waals surface area contributed by atoms with E-state index in [4.69, 9.17) is 16.7 Å². The van der Waals surface area contributed by atoms with Crippen LogP contribution < -0.4 is 0 Å². The highest BCUT2D eigenvalue weighted by molar-refractivity contribution is 6.30. The molecule has 0 saturated carbocycles. The lowest BCUT2D eigenvalue weighted by Crippen LogP contribution is -1.93. The van der Waals surface area contributed by atoms with Gasteiger partial charge in [-0.1, -0.05) is 17.7 Å². The van der Waals surface area contributed by atoms with Crippen LogP contribution in [-0.4, -0.2) is 16.7 Å². The van der Waals surface area contributed by atoms with Crippen LogP contribution in [0.3, 0.4) is 0 Å². The summed E-state index contributed by atoms with van der Waals surface area (Å²) >= 11 is 5.87. The van der Waals surface area contributed by atoms with Crippen LogP contribution in [0, 0.1) is 6.92 Å². The number of hydrogen-bond donors (Lipinski definition) is 1. The van der Waals surface area contributed by atoms with Gasteiger partial charge in [0.05, 0.1) is 0 Å². The predicted octanol–water partition coefficient (Wildman–Crippen LogP) is 1.97. The third-order valence-electron chi connectivity index (χ3n) is 1.67. The summed E-state index contributed by atoms with van der Waals surface area (Å²) < 4.78 is 0. The molecule has 1 N–H and O–H groups in total. The van der Waals surface area contributed by atoms with Crippen LogP contribution in [0.1, 0.15) is 17.7 Å². The highest BCUT2D eigenvalue weighted by Crippen LogP contribution is 2.14. The van der Waals surface area contributed by atoms with E-state index in [0.717, 1.165) is 24.1 Å². The topological polar surface area (TPSA) is 33.1 Å². The zero-order valence-corrected chi connectivity index (χ0v) is 7.80. The minimum atomic E-state index is 0.199. The number of halogens is 1. The van der Waals surface area contributed by atoms with Gasteiger partial charge in [-0.25, -0.2) is 4.98 Å². The first-order valence-electron chi connectivity index (χ1n) is 3.97. The van der Waals surface area contributed by atoms with Crippen molar-refractivity contribution in [3.8, 4) is 0 Å². The van der Waals surface area contributed by atoms with Gasteiger partial charge in [0.15, 0.2) is 0 Å². The van der Waals surface area contributed by atoms with E-state index in [1.165, 1.54) is 0 Å². The van der Waals surface area contributed by atoms with Gasteiger partial charge < -0.3 is 5.11 Å². The lowest BCUT2D eigenvalue weighted by atomic mass is 10.1. The van der Waals surface area contributed by atoms with E-state index in [1.54, 1.807) is 0 Å². The molecule has 0 atom stereocenters. The minimum absolute atomic E-state index is 0.199. The normalized spacial score (nSPS) is 10.2. The van der Waals surface area contributed by atoms with Gasteiger partial charge in [0.2, 0.25) is 0 Å². The molecule has 0 radical (unpaired) electrons. The minimum Gasteiger partial charge on any atom is -0.396 e. The van der Waals surface area contributed by atoms with Gasteiger partial charge in [0, 0.05) is 12.3 Å². The van der Waals surface area contributed by atoms with Gasteiger partial charge in [0.25, 0.3) is 0 Å². The fraction of sp³-hybridized carbons (Fsp3) is 0.444. The SMILES string of the molecule is Cc1ccc(CCCO)c(Cl)n1. The summed E-state index contributed by atoms with van der Waals surface area (Å²) in [5.74, 6) is 0. The van der Waals surface area contributed by atoms with Crippen molar-refractivity contribution in [2.24, 2.45) is 0 Å². The summed E-state index contributed by atoms with van der Waals surface area (Å²) in [5, 5.41) is 9.17. The predicted molar refractivity (Wildman–Crippen MR) is 49.4 cm³/mol. The first-order chi connectivity index (χ1) is 5.74. The Bertz CT molecular complexity index is 263. The van der Waals surface area contributed by atoms with Crippen LogP contribution >= 0.6 is 11.6 Å². The van der Waals surface area contributed by atoms with E-state index in [1.807, 2.05) is 19.1 Å². The van der Waals surface area contributed by atoms with Crippen molar-refractivity contribution in [1.29, 1.82) is 0 Å². The molecule has 0 bridgehead atoms. The van der Waals surface area contributed by atoms with Crippen molar-refractivity contribution < 1.29 is 5.11 Å². The van der Waals surface area contributed by atoms with Gasteiger partial charge in [-0.2, -0.15) is 0 Å². The maximum Gasteiger partial charge on any atom is 0.132 e. The largest absolute Gasteiger partial charge is 0.396 e. The Morgan fingerprint density at radius 3 is 2.83 bits per heavy atom. The average molecular weight is 186 g/mol. The van der Waals surface area contributed by atoms with E-state index >= 15 is 0 Å². The van der Waals surface area contributed by atoms with Crippen LogP contribution in [0.5, 0.6) is 0 Å². The quantitative estimate of drug-likeness (QED) is 0.731. The van der Waals surface area contributed by atoms with E-state index < -0.39 is 0 Å². The molecule has 0 amide bonds. The molecule has 1 rings (SSSR count). The Hall–Kier alpha value is -0.600. The standard InChI is InChI=1S/C9H12ClNO/c1-7-4-5-8(3-2-6-12)9(10)11-7/h4-5,12H,2-3,6H2,1H3. The molecule has 0 aliphatic rings. The molecule has 1 aromatic rings. The van der Waals surface area contributed by atoms with Gasteiger partial charge in [-0.15, -0.1) is 0 Å². The van der Waals surface area contributed by atoms with Gasteiger partial charge >= 0.3 is 0 Å². The maximum absolute atomic E-state index is 8.61. The zero-order chi connectivity index (χ0) is 8.97. The Kier molecular flexibility index (Phi) is 3.50. The van der Waals surface area contributed by atoms with Gasteiger partial charge in [-0.05, 0) is 31.4 Å². The molecule has 1 aromatic heterocycles. The number of aryl methyl sites for hydroxylation is 2. The highest BCUT2D eigenvalue weighted by Gasteiger charge is 2.00. The Morgan fingerprint density at radius 2 is 2.25 bits per heavy atom. The number of rotatable bonds is 3. The summed E-state index contributed by atoms with van der Waals surface area (Å²) in [6, 6.07) is 3.89. The van der Waals surface area contributed by atoms with Crippen molar-refractivity contribution in [2.45, 2.75) is 19.8 Å². The number of nitrogens with zero attached hydrogens (tertiary/aromatic N) is 1. The average Bonchev–Trinajstić information content (AvgIpc) is 2.03. The second-order valence-electron chi connectivity index (χ2n) is 2.73. The van der Waals surface area contributed by atoms with Crippen molar-refractivity contribution in [2.75, 3.05) is 6.61 Å². The third kappa shape index (κ3) is 2.47. The number of hydrogen-bond acceptors (Lipinski definition) is 2. The van der Waals surface area contributed by atoms with Crippen LogP contribution in [0.2, 0.25) is 5.15 Å². The smallest absolute Gasteiger partial charge is 0.132 e. The van der Waals surface area contributed by atoms with Crippen molar-refractivity contribution in [3.63, 3.8) is 0 Å². The van der Waals surface area contributed by atoms with Crippen molar-refractivity contribution in [1.82, 2.24) is 4.98 Å². The van der Waals surface area contributed by atoms with E-state index in [-0.39, 0.29) is 6.61 Å². The number of pyridine rings is 1. The molecule has 3 heteroatoms. The fourth-order valence-electron chi connectivity index (χ4n) is 1.01. The molecule has 0 fully saturated rings. The van der Waals surface area contributed by atoms with Crippen molar-refractivity contribution >= 4 is 11.6 Å². The third-order valence-corrected chi connectivity index (χ3v) is 2.00. The van der Waals surface area contributed by atoms with Crippen LogP contribution in [0.25, 0.3) is 0 Å². The summed E-state index contributed by atoms with van der Waals surface area (Å²) in [6.07, 6.45) is 1.53. The lowest BCUT2D eigenvalue weighted by Gasteiger charge is -2.02. The molecule has 2 nitrogen and oxygen atoms in total. The molecule has 0 aromatic carbocycles. The molecular formula is C9H12ClNO. The van der Waals surface area contributed by atoms with Gasteiger partial charge in [0.1, 0.15) is 5.15 Å². The summed E-state index contributed by atoms with van der Waals surface area (Å²) in [7, 11) is 0. The second kappa shape index (κ2) is 4.43. The number of aliphatic hydroxyl groups excluding tert-OH is 1. The van der Waals surface area contributed by atoms with E-state index in [0.29, 0.717) is 5.15 Å². The highest BCUT2D eigenvalue weighted by atomic mass is 35.5. The fourth-order valence-corrected chi connectivity index (χ4v) is 1.30. The zero-order valence-electron chi connectivity index (χ0n) is 7.05. The molecule has 66 valence electrons. The second-order valence-corrected chi connectivity index (χ2v) is 3.09. The molecule has 0 aliphatic carbocycles. The van der Waals surface area contributed by atoms with Gasteiger partial charge in [-0.3, -0.25) is 0 Å². The number of aromatic nitrogens is 1. The monoisotopic (exact) mass is 185 g/mol. The number of aliphatic hydroxyl groups is 1. The molecule has 0 spiro atoms. The molecule has 0 unspecified atom stereocenters. The molecule has 1 heterocycles. The van der Waals surface area contributed by atoms with E-state index in [2.05, 4.69) is 4.98 Å².